The highest BCUT2D eigenvalue weighted by atomic mass is 16.3. The van der Waals surface area contributed by atoms with Crippen molar-refractivity contribution in [2.24, 2.45) is 5.41 Å². The third-order valence-electron chi connectivity index (χ3n) is 5.95. The minimum atomic E-state index is -0.448. The van der Waals surface area contributed by atoms with E-state index in [1.165, 1.54) is 0 Å². The van der Waals surface area contributed by atoms with E-state index in [1.807, 2.05) is 37.3 Å². The first-order valence-corrected chi connectivity index (χ1v) is 9.21. The number of carbonyl (C=O) groups excluding carboxylic acids is 2. The Morgan fingerprint density at radius 3 is 2.80 bits per heavy atom. The molecule has 0 unspecified atom stereocenters. The van der Waals surface area contributed by atoms with Crippen molar-refractivity contribution >= 4 is 12.1 Å². The number of ketones is 1. The Kier molecular flexibility index (Phi) is 5.50. The smallest absolute Gasteiger partial charge is 0.158 e. The molecule has 0 radical (unpaired) electrons. The largest absolute Gasteiger partial charge is 0.392 e. The molecule has 1 fully saturated rings. The normalized spacial score (nSPS) is 27.8. The second-order valence-electron chi connectivity index (χ2n) is 7.40. The standard InChI is InChI=1S/C21H27NO3/c1-15-18-8-5-9-20(25)21(18,11-10-19(15)24)14-22-17(13-23)12-16-6-3-2-4-7-16/h2-4,6-7,13,17,20,22,25H,5,8-12,14H2,1H3/t17-,20+,21-/m1/s1. The Labute approximate surface area is 149 Å². The van der Waals surface area contributed by atoms with Crippen LogP contribution in [0.1, 0.15) is 44.6 Å². The van der Waals surface area contributed by atoms with E-state index in [0.717, 1.165) is 42.3 Å². The van der Waals surface area contributed by atoms with Crippen LogP contribution in [0.25, 0.3) is 0 Å². The summed E-state index contributed by atoms with van der Waals surface area (Å²) in [7, 11) is 0. The molecule has 0 spiro atoms. The van der Waals surface area contributed by atoms with Crippen molar-refractivity contribution in [1.82, 2.24) is 5.32 Å². The zero-order valence-corrected chi connectivity index (χ0v) is 14.8. The van der Waals surface area contributed by atoms with Gasteiger partial charge in [0.25, 0.3) is 0 Å². The second kappa shape index (κ2) is 7.63. The minimum Gasteiger partial charge on any atom is -0.392 e. The first kappa shape index (κ1) is 18.0. The molecule has 134 valence electrons. The highest BCUT2D eigenvalue weighted by Crippen LogP contribution is 2.48. The van der Waals surface area contributed by atoms with Crippen LogP contribution in [0.3, 0.4) is 0 Å². The van der Waals surface area contributed by atoms with E-state index in [-0.39, 0.29) is 11.8 Å². The van der Waals surface area contributed by atoms with Crippen molar-refractivity contribution in [2.45, 2.75) is 57.6 Å². The van der Waals surface area contributed by atoms with Crippen LogP contribution < -0.4 is 5.32 Å². The van der Waals surface area contributed by atoms with Crippen LogP contribution in [0, 0.1) is 5.41 Å². The predicted octanol–water partition coefficient (Wildman–Crippen LogP) is 2.60. The van der Waals surface area contributed by atoms with Crippen LogP contribution in [0.2, 0.25) is 0 Å². The SMILES string of the molecule is CC1=C2CCC[C@H](O)[C@@]2(CN[C@@H](C=O)Cc2ccccc2)CCC1=O. The van der Waals surface area contributed by atoms with Gasteiger partial charge < -0.3 is 15.2 Å². The monoisotopic (exact) mass is 341 g/mol. The van der Waals surface area contributed by atoms with Crippen molar-refractivity contribution in [1.29, 1.82) is 0 Å². The summed E-state index contributed by atoms with van der Waals surface area (Å²) in [6.45, 7) is 2.44. The van der Waals surface area contributed by atoms with Gasteiger partial charge in [-0.05, 0) is 50.2 Å². The summed E-state index contributed by atoms with van der Waals surface area (Å²) in [6, 6.07) is 9.64. The Hall–Kier alpha value is -1.78. The molecule has 0 bridgehead atoms. The molecule has 2 aliphatic rings. The molecule has 0 aliphatic heterocycles. The molecule has 3 atom stereocenters. The van der Waals surface area contributed by atoms with Gasteiger partial charge in [-0.2, -0.15) is 0 Å². The number of Topliss-reactive ketones (excluding diaryl/α,β-unsaturated/α-hetero) is 1. The number of aliphatic hydroxyl groups is 1. The predicted molar refractivity (Wildman–Crippen MR) is 97.2 cm³/mol. The molecular weight excluding hydrogens is 314 g/mol. The fraction of sp³-hybridized carbons (Fsp3) is 0.524. The summed E-state index contributed by atoms with van der Waals surface area (Å²) < 4.78 is 0. The number of rotatable bonds is 6. The zero-order chi connectivity index (χ0) is 17.9. The van der Waals surface area contributed by atoms with Gasteiger partial charge in [0.05, 0.1) is 12.1 Å². The molecule has 1 aromatic rings. The molecule has 3 rings (SSSR count). The summed E-state index contributed by atoms with van der Waals surface area (Å²) in [4.78, 5) is 23.7. The van der Waals surface area contributed by atoms with Gasteiger partial charge in [-0.1, -0.05) is 35.9 Å². The number of carbonyl (C=O) groups is 2. The Balaban J connectivity index is 1.76. The number of hydrogen-bond acceptors (Lipinski definition) is 4. The first-order valence-electron chi connectivity index (χ1n) is 9.21. The van der Waals surface area contributed by atoms with Gasteiger partial charge >= 0.3 is 0 Å². The molecule has 4 heteroatoms. The third kappa shape index (κ3) is 3.60. The summed E-state index contributed by atoms with van der Waals surface area (Å²) >= 11 is 0. The molecule has 2 N–H and O–H groups in total. The van der Waals surface area contributed by atoms with E-state index in [1.54, 1.807) is 0 Å². The van der Waals surface area contributed by atoms with Crippen molar-refractivity contribution in [3.05, 3.63) is 47.0 Å². The van der Waals surface area contributed by atoms with Crippen molar-refractivity contribution < 1.29 is 14.7 Å². The fourth-order valence-corrected chi connectivity index (χ4v) is 4.43. The molecule has 25 heavy (non-hydrogen) atoms. The average molecular weight is 341 g/mol. The van der Waals surface area contributed by atoms with Crippen LogP contribution in [0.15, 0.2) is 41.5 Å². The second-order valence-corrected chi connectivity index (χ2v) is 7.40. The van der Waals surface area contributed by atoms with E-state index < -0.39 is 11.5 Å². The quantitative estimate of drug-likeness (QED) is 0.781. The maximum Gasteiger partial charge on any atom is 0.158 e. The molecular formula is C21H27NO3. The molecule has 0 aromatic heterocycles. The number of benzene rings is 1. The van der Waals surface area contributed by atoms with E-state index in [4.69, 9.17) is 0 Å². The lowest BCUT2D eigenvalue weighted by Gasteiger charge is -2.47. The molecule has 0 heterocycles. The topological polar surface area (TPSA) is 66.4 Å². The molecule has 0 saturated heterocycles. The lowest BCUT2D eigenvalue weighted by molar-refractivity contribution is -0.118. The Morgan fingerprint density at radius 2 is 2.08 bits per heavy atom. The highest BCUT2D eigenvalue weighted by molar-refractivity contribution is 5.96. The van der Waals surface area contributed by atoms with E-state index in [9.17, 15) is 14.7 Å². The molecule has 1 aromatic carbocycles. The zero-order valence-electron chi connectivity index (χ0n) is 14.8. The molecule has 0 amide bonds. The average Bonchev–Trinajstić information content (AvgIpc) is 2.64. The van der Waals surface area contributed by atoms with Crippen LogP contribution in [0.4, 0.5) is 0 Å². The summed E-state index contributed by atoms with van der Waals surface area (Å²) in [5, 5.41) is 14.1. The van der Waals surface area contributed by atoms with Gasteiger partial charge in [0.15, 0.2) is 5.78 Å². The number of aldehydes is 1. The molecule has 4 nitrogen and oxygen atoms in total. The first-order chi connectivity index (χ1) is 12.1. The number of allylic oxidation sites excluding steroid dienone is 1. The van der Waals surface area contributed by atoms with Crippen molar-refractivity contribution in [3.63, 3.8) is 0 Å². The molecule has 2 aliphatic carbocycles. The van der Waals surface area contributed by atoms with Gasteiger partial charge in [-0.15, -0.1) is 0 Å². The van der Waals surface area contributed by atoms with Gasteiger partial charge in [-0.25, -0.2) is 0 Å². The fourth-order valence-electron chi connectivity index (χ4n) is 4.43. The van der Waals surface area contributed by atoms with Gasteiger partial charge in [0.1, 0.15) is 6.29 Å². The Bertz CT molecular complexity index is 667. The highest BCUT2D eigenvalue weighted by Gasteiger charge is 2.47. The lowest BCUT2D eigenvalue weighted by atomic mass is 9.61. The van der Waals surface area contributed by atoms with Crippen LogP contribution in [0.5, 0.6) is 0 Å². The number of hydrogen-bond donors (Lipinski definition) is 2. The summed E-state index contributed by atoms with van der Waals surface area (Å²) in [5.41, 5.74) is 2.66. The van der Waals surface area contributed by atoms with E-state index in [0.29, 0.717) is 25.8 Å². The van der Waals surface area contributed by atoms with E-state index in [2.05, 4.69) is 5.32 Å². The summed E-state index contributed by atoms with van der Waals surface area (Å²) in [6.07, 6.45) is 4.84. The van der Waals surface area contributed by atoms with Crippen molar-refractivity contribution in [3.8, 4) is 0 Å². The minimum absolute atomic E-state index is 0.205. The van der Waals surface area contributed by atoms with Gasteiger partial charge in [-0.3, -0.25) is 4.79 Å². The van der Waals surface area contributed by atoms with Crippen molar-refractivity contribution in [2.75, 3.05) is 6.54 Å². The lowest BCUT2D eigenvalue weighted by Crippen LogP contribution is -2.52. The van der Waals surface area contributed by atoms with Crippen LogP contribution >= 0.6 is 0 Å². The van der Waals surface area contributed by atoms with E-state index >= 15 is 0 Å². The maximum atomic E-state index is 12.1. The van der Waals surface area contributed by atoms with Gasteiger partial charge in [0.2, 0.25) is 0 Å². The Morgan fingerprint density at radius 1 is 1.32 bits per heavy atom. The summed E-state index contributed by atoms with van der Waals surface area (Å²) in [5.74, 6) is 0.205. The number of fused-ring (bicyclic) bond motifs is 1. The number of aliphatic hydroxyl groups excluding tert-OH is 1. The molecule has 1 saturated carbocycles. The third-order valence-corrected chi connectivity index (χ3v) is 5.95. The number of nitrogens with one attached hydrogen (secondary N) is 1. The maximum absolute atomic E-state index is 12.1. The van der Waals surface area contributed by atoms with Gasteiger partial charge in [0, 0.05) is 18.4 Å². The van der Waals surface area contributed by atoms with Crippen LogP contribution in [-0.2, 0) is 16.0 Å². The van der Waals surface area contributed by atoms with Crippen LogP contribution in [-0.4, -0.2) is 35.9 Å².